The van der Waals surface area contributed by atoms with Gasteiger partial charge in [0.15, 0.2) is 0 Å². The van der Waals surface area contributed by atoms with Gasteiger partial charge in [-0.2, -0.15) is 0 Å². The molecule has 1 nitrogen and oxygen atoms in total. The van der Waals surface area contributed by atoms with Gasteiger partial charge in [0, 0.05) is 5.33 Å². The summed E-state index contributed by atoms with van der Waals surface area (Å²) in [7, 11) is 0. The molecular weight excluding hydrogens is 288 g/mol. The molecule has 0 amide bonds. The Kier molecular flexibility index (Phi) is 6.00. The van der Waals surface area contributed by atoms with Crippen molar-refractivity contribution < 1.29 is 4.74 Å². The maximum atomic E-state index is 6.59. The molecule has 0 saturated heterocycles. The molecule has 2 rings (SSSR count). The van der Waals surface area contributed by atoms with Crippen molar-refractivity contribution in [3.05, 3.63) is 0 Å². The third kappa shape index (κ3) is 3.96. The third-order valence-electron chi connectivity index (χ3n) is 5.06. The predicted octanol–water partition coefficient (Wildman–Crippen LogP) is 5.46. The topological polar surface area (TPSA) is 9.23 Å². The molecule has 0 heterocycles. The van der Waals surface area contributed by atoms with Crippen LogP contribution in [0.2, 0.25) is 0 Å². The molecule has 0 aromatic carbocycles. The average Bonchev–Trinajstić information content (AvgIpc) is 2.68. The van der Waals surface area contributed by atoms with E-state index in [1.165, 1.54) is 70.6 Å². The molecule has 2 fully saturated rings. The summed E-state index contributed by atoms with van der Waals surface area (Å²) in [4.78, 5) is 0. The minimum atomic E-state index is 0.167. The van der Waals surface area contributed by atoms with Crippen molar-refractivity contribution in [1.29, 1.82) is 0 Å². The van der Waals surface area contributed by atoms with Crippen molar-refractivity contribution in [3.63, 3.8) is 0 Å². The Hall–Kier alpha value is 0.440. The van der Waals surface area contributed by atoms with Gasteiger partial charge in [-0.05, 0) is 44.4 Å². The van der Waals surface area contributed by atoms with E-state index in [1.807, 2.05) is 0 Å². The Morgan fingerprint density at radius 1 is 1.00 bits per heavy atom. The quantitative estimate of drug-likeness (QED) is 0.494. The molecule has 2 aliphatic carbocycles. The molecule has 0 spiro atoms. The molecule has 0 bridgehead atoms. The first-order valence-corrected chi connectivity index (χ1v) is 9.14. The maximum Gasteiger partial charge on any atom is 0.0782 e. The molecule has 18 heavy (non-hydrogen) atoms. The summed E-state index contributed by atoms with van der Waals surface area (Å²) in [6.07, 6.45) is 15.4. The molecule has 0 aliphatic heterocycles. The van der Waals surface area contributed by atoms with E-state index >= 15 is 0 Å². The predicted molar refractivity (Wildman–Crippen MR) is 81.3 cm³/mol. The van der Waals surface area contributed by atoms with Gasteiger partial charge < -0.3 is 4.74 Å². The lowest BCUT2D eigenvalue weighted by Gasteiger charge is -2.41. The van der Waals surface area contributed by atoms with Gasteiger partial charge in [0.25, 0.3) is 0 Å². The highest BCUT2D eigenvalue weighted by Crippen LogP contribution is 2.39. The average molecular weight is 317 g/mol. The first kappa shape index (κ1) is 14.8. The van der Waals surface area contributed by atoms with E-state index in [0.29, 0.717) is 6.10 Å². The molecular formula is C16H29BrO. The summed E-state index contributed by atoms with van der Waals surface area (Å²) in [5, 5.41) is 1.03. The van der Waals surface area contributed by atoms with Crippen LogP contribution in [0, 0.1) is 5.92 Å². The van der Waals surface area contributed by atoms with Crippen molar-refractivity contribution in [3.8, 4) is 0 Å². The summed E-state index contributed by atoms with van der Waals surface area (Å²) in [6, 6.07) is 0. The fourth-order valence-electron chi connectivity index (χ4n) is 3.61. The summed E-state index contributed by atoms with van der Waals surface area (Å²) < 4.78 is 6.59. The Balaban J connectivity index is 1.87. The zero-order valence-electron chi connectivity index (χ0n) is 11.9. The monoisotopic (exact) mass is 316 g/mol. The van der Waals surface area contributed by atoms with Gasteiger partial charge in [-0.25, -0.2) is 0 Å². The van der Waals surface area contributed by atoms with Crippen molar-refractivity contribution in [2.75, 3.05) is 5.33 Å². The molecule has 0 aromatic heterocycles. The van der Waals surface area contributed by atoms with Gasteiger partial charge in [-0.15, -0.1) is 0 Å². The molecule has 0 N–H and O–H groups in total. The second-order valence-corrected chi connectivity index (χ2v) is 6.96. The SMILES string of the molecule is CCC1CCC(CBr)(OC2CCCCCC2)CC1. The lowest BCUT2D eigenvalue weighted by molar-refractivity contribution is -0.108. The first-order chi connectivity index (χ1) is 8.78. The third-order valence-corrected chi connectivity index (χ3v) is 6.08. The zero-order valence-corrected chi connectivity index (χ0v) is 13.5. The lowest BCUT2D eigenvalue weighted by atomic mass is 9.78. The van der Waals surface area contributed by atoms with Crippen molar-refractivity contribution >= 4 is 15.9 Å². The van der Waals surface area contributed by atoms with Crippen LogP contribution in [0.3, 0.4) is 0 Å². The second kappa shape index (κ2) is 7.28. The Bertz CT molecular complexity index is 225. The second-order valence-electron chi connectivity index (χ2n) is 6.40. The van der Waals surface area contributed by atoms with Crippen LogP contribution < -0.4 is 0 Å². The highest BCUT2D eigenvalue weighted by atomic mass is 79.9. The van der Waals surface area contributed by atoms with E-state index in [2.05, 4.69) is 22.9 Å². The Labute approximate surface area is 121 Å². The number of ether oxygens (including phenoxy) is 1. The van der Waals surface area contributed by atoms with Crippen LogP contribution in [0.5, 0.6) is 0 Å². The Morgan fingerprint density at radius 2 is 1.61 bits per heavy atom. The largest absolute Gasteiger partial charge is 0.371 e. The van der Waals surface area contributed by atoms with E-state index < -0.39 is 0 Å². The zero-order chi connectivity index (χ0) is 12.8. The lowest BCUT2D eigenvalue weighted by Crippen LogP contribution is -2.42. The molecule has 2 saturated carbocycles. The number of hydrogen-bond acceptors (Lipinski definition) is 1. The van der Waals surface area contributed by atoms with E-state index in [1.54, 1.807) is 0 Å². The van der Waals surface area contributed by atoms with Gasteiger partial charge in [0.2, 0.25) is 0 Å². The van der Waals surface area contributed by atoms with Crippen LogP contribution in [0.4, 0.5) is 0 Å². The van der Waals surface area contributed by atoms with Crippen LogP contribution in [-0.4, -0.2) is 17.0 Å². The number of alkyl halides is 1. The maximum absolute atomic E-state index is 6.59. The van der Waals surface area contributed by atoms with Crippen LogP contribution in [0.25, 0.3) is 0 Å². The van der Waals surface area contributed by atoms with E-state index in [-0.39, 0.29) is 5.60 Å². The fraction of sp³-hybridized carbons (Fsp3) is 1.00. The molecule has 2 heteroatoms. The molecule has 0 radical (unpaired) electrons. The normalized spacial score (nSPS) is 35.3. The highest BCUT2D eigenvalue weighted by molar-refractivity contribution is 9.09. The van der Waals surface area contributed by atoms with Crippen molar-refractivity contribution in [2.45, 2.75) is 89.3 Å². The van der Waals surface area contributed by atoms with Gasteiger partial charge in [-0.1, -0.05) is 55.0 Å². The number of halogens is 1. The van der Waals surface area contributed by atoms with Gasteiger partial charge >= 0.3 is 0 Å². The van der Waals surface area contributed by atoms with Gasteiger partial charge in [0.05, 0.1) is 11.7 Å². The molecule has 0 atom stereocenters. The standard InChI is InChI=1S/C16H29BrO/c1-2-14-9-11-16(13-17,12-10-14)18-15-7-5-3-4-6-8-15/h14-15H,2-13H2,1H3. The molecule has 0 aromatic rings. The van der Waals surface area contributed by atoms with Crippen molar-refractivity contribution in [1.82, 2.24) is 0 Å². The summed E-state index contributed by atoms with van der Waals surface area (Å²) >= 11 is 3.73. The van der Waals surface area contributed by atoms with Crippen molar-refractivity contribution in [2.24, 2.45) is 5.92 Å². The Morgan fingerprint density at radius 3 is 2.11 bits per heavy atom. The molecule has 0 unspecified atom stereocenters. The van der Waals surface area contributed by atoms with Gasteiger partial charge in [-0.3, -0.25) is 0 Å². The van der Waals surface area contributed by atoms with E-state index in [4.69, 9.17) is 4.74 Å². The molecule has 106 valence electrons. The summed E-state index contributed by atoms with van der Waals surface area (Å²) in [6.45, 7) is 2.33. The fourth-order valence-corrected chi connectivity index (χ4v) is 4.30. The van der Waals surface area contributed by atoms with Crippen LogP contribution in [0.1, 0.15) is 77.6 Å². The van der Waals surface area contributed by atoms with Crippen LogP contribution >= 0.6 is 15.9 Å². The van der Waals surface area contributed by atoms with Crippen LogP contribution in [0.15, 0.2) is 0 Å². The summed E-state index contributed by atoms with van der Waals surface area (Å²) in [5.74, 6) is 0.954. The van der Waals surface area contributed by atoms with E-state index in [0.717, 1.165) is 11.2 Å². The van der Waals surface area contributed by atoms with E-state index in [9.17, 15) is 0 Å². The summed E-state index contributed by atoms with van der Waals surface area (Å²) in [5.41, 5.74) is 0.167. The van der Waals surface area contributed by atoms with Crippen LogP contribution in [-0.2, 0) is 4.74 Å². The number of hydrogen-bond donors (Lipinski definition) is 0. The van der Waals surface area contributed by atoms with Gasteiger partial charge in [0.1, 0.15) is 0 Å². The molecule has 2 aliphatic rings. The minimum Gasteiger partial charge on any atom is -0.371 e. The first-order valence-electron chi connectivity index (χ1n) is 8.02. The smallest absolute Gasteiger partial charge is 0.0782 e. The minimum absolute atomic E-state index is 0.167. The number of rotatable bonds is 4. The highest BCUT2D eigenvalue weighted by Gasteiger charge is 2.36.